The van der Waals surface area contributed by atoms with Crippen molar-refractivity contribution in [3.63, 3.8) is 0 Å². The Balaban J connectivity index is 1.76. The number of benzene rings is 3. The highest BCUT2D eigenvalue weighted by atomic mass is 127. The van der Waals surface area contributed by atoms with Crippen molar-refractivity contribution in [2.24, 2.45) is 0 Å². The normalized spacial score (nSPS) is 11.3. The molecule has 0 aromatic heterocycles. The lowest BCUT2D eigenvalue weighted by Gasteiger charge is -2.10. The SMILES string of the molecule is O=C(O)COc1ccc(SCC=C(c2ccccc2)c2cccc(I)c2)cc1Br. The van der Waals surface area contributed by atoms with E-state index in [9.17, 15) is 4.79 Å². The average molecular weight is 581 g/mol. The summed E-state index contributed by atoms with van der Waals surface area (Å²) in [5, 5.41) is 8.74. The Morgan fingerprint density at radius 3 is 2.48 bits per heavy atom. The largest absolute Gasteiger partial charge is 0.481 e. The number of hydrogen-bond acceptors (Lipinski definition) is 3. The van der Waals surface area contributed by atoms with Crippen molar-refractivity contribution in [3.05, 3.63) is 98.0 Å². The molecule has 0 amide bonds. The predicted octanol–water partition coefficient (Wildman–Crippen LogP) is 6.74. The monoisotopic (exact) mass is 580 g/mol. The Morgan fingerprint density at radius 1 is 1.03 bits per heavy atom. The van der Waals surface area contributed by atoms with Crippen LogP contribution in [0.1, 0.15) is 11.1 Å². The molecule has 0 fully saturated rings. The van der Waals surface area contributed by atoms with E-state index in [1.165, 1.54) is 20.3 Å². The summed E-state index contributed by atoms with van der Waals surface area (Å²) in [7, 11) is 0. The van der Waals surface area contributed by atoms with Crippen molar-refractivity contribution < 1.29 is 14.6 Å². The molecule has 0 aliphatic carbocycles. The summed E-state index contributed by atoms with van der Waals surface area (Å²) in [5.41, 5.74) is 3.59. The molecule has 0 radical (unpaired) electrons. The second kappa shape index (κ2) is 10.8. The zero-order valence-corrected chi connectivity index (χ0v) is 19.9. The minimum absolute atomic E-state index is 0.357. The minimum atomic E-state index is -0.996. The summed E-state index contributed by atoms with van der Waals surface area (Å²) in [6.45, 7) is -0.357. The van der Waals surface area contributed by atoms with E-state index in [-0.39, 0.29) is 6.61 Å². The summed E-state index contributed by atoms with van der Waals surface area (Å²) in [5.74, 6) is 0.331. The van der Waals surface area contributed by atoms with E-state index in [0.717, 1.165) is 15.1 Å². The number of thioether (sulfide) groups is 1. The third kappa shape index (κ3) is 6.62. The van der Waals surface area contributed by atoms with Crippen molar-refractivity contribution >= 4 is 61.8 Å². The van der Waals surface area contributed by atoms with E-state index >= 15 is 0 Å². The Morgan fingerprint density at radius 2 is 1.79 bits per heavy atom. The van der Waals surface area contributed by atoms with E-state index in [0.29, 0.717) is 5.75 Å². The molecule has 0 unspecified atom stereocenters. The molecular weight excluding hydrogens is 563 g/mol. The van der Waals surface area contributed by atoms with Crippen LogP contribution in [0.5, 0.6) is 5.75 Å². The number of carbonyl (C=O) groups is 1. The van der Waals surface area contributed by atoms with Gasteiger partial charge in [-0.25, -0.2) is 4.79 Å². The maximum absolute atomic E-state index is 10.7. The second-order valence-electron chi connectivity index (χ2n) is 6.08. The van der Waals surface area contributed by atoms with Crippen molar-refractivity contribution in [3.8, 4) is 5.75 Å². The number of carboxylic acid groups (broad SMARTS) is 1. The molecule has 1 N–H and O–H groups in total. The number of hydrogen-bond donors (Lipinski definition) is 1. The number of rotatable bonds is 8. The zero-order valence-electron chi connectivity index (χ0n) is 15.3. The lowest BCUT2D eigenvalue weighted by atomic mass is 9.98. The van der Waals surface area contributed by atoms with Gasteiger partial charge in [0.2, 0.25) is 0 Å². The van der Waals surface area contributed by atoms with Crippen LogP contribution in [0.2, 0.25) is 0 Å². The zero-order chi connectivity index (χ0) is 20.6. The van der Waals surface area contributed by atoms with E-state index in [1.807, 2.05) is 18.2 Å². The third-order valence-corrected chi connectivity index (χ3v) is 6.22. The van der Waals surface area contributed by atoms with Gasteiger partial charge in [-0.3, -0.25) is 0 Å². The van der Waals surface area contributed by atoms with Crippen LogP contribution < -0.4 is 4.74 Å². The number of aliphatic carboxylic acids is 1. The molecule has 0 saturated heterocycles. The summed E-state index contributed by atoms with van der Waals surface area (Å²) < 4.78 is 7.20. The van der Waals surface area contributed by atoms with Gasteiger partial charge in [0.15, 0.2) is 6.61 Å². The Labute approximate surface area is 196 Å². The fourth-order valence-corrected chi connectivity index (χ4v) is 4.72. The first-order valence-corrected chi connectivity index (χ1v) is 11.7. The molecule has 3 nitrogen and oxygen atoms in total. The smallest absolute Gasteiger partial charge is 0.341 e. The summed E-state index contributed by atoms with van der Waals surface area (Å²) in [6, 6.07) is 24.6. The second-order valence-corrected chi connectivity index (χ2v) is 9.27. The van der Waals surface area contributed by atoms with Gasteiger partial charge in [-0.1, -0.05) is 48.5 Å². The first kappa shape index (κ1) is 21.9. The van der Waals surface area contributed by atoms with Crippen molar-refractivity contribution in [2.45, 2.75) is 4.90 Å². The average Bonchev–Trinajstić information content (AvgIpc) is 2.71. The number of carboxylic acids is 1. The first-order valence-electron chi connectivity index (χ1n) is 8.81. The molecule has 148 valence electrons. The molecule has 3 rings (SSSR count). The summed E-state index contributed by atoms with van der Waals surface area (Å²) in [4.78, 5) is 11.7. The van der Waals surface area contributed by atoms with Crippen LogP contribution in [0.15, 0.2) is 88.2 Å². The van der Waals surface area contributed by atoms with Gasteiger partial charge in [-0.05, 0) is 85.6 Å². The molecule has 0 bridgehead atoms. The summed E-state index contributed by atoms with van der Waals surface area (Å²) in [6.07, 6.45) is 2.24. The fraction of sp³-hybridized carbons (Fsp3) is 0.0870. The molecular formula is C23H18BrIO3S. The first-order chi connectivity index (χ1) is 14.0. The van der Waals surface area contributed by atoms with Crippen LogP contribution in [0.3, 0.4) is 0 Å². The molecule has 0 aliphatic rings. The predicted molar refractivity (Wildman–Crippen MR) is 131 cm³/mol. The molecule has 0 aliphatic heterocycles. The lowest BCUT2D eigenvalue weighted by Crippen LogP contribution is -2.09. The quantitative estimate of drug-likeness (QED) is 0.237. The van der Waals surface area contributed by atoms with Gasteiger partial charge in [0.25, 0.3) is 0 Å². The van der Waals surface area contributed by atoms with Gasteiger partial charge < -0.3 is 9.84 Å². The lowest BCUT2D eigenvalue weighted by molar-refractivity contribution is -0.139. The molecule has 6 heteroatoms. The molecule has 29 heavy (non-hydrogen) atoms. The molecule has 3 aromatic carbocycles. The van der Waals surface area contributed by atoms with Crippen molar-refractivity contribution in [1.29, 1.82) is 0 Å². The van der Waals surface area contributed by atoms with Crippen LogP contribution in [-0.2, 0) is 4.79 Å². The third-order valence-electron chi connectivity index (χ3n) is 4.01. The highest BCUT2D eigenvalue weighted by Gasteiger charge is 2.07. The maximum Gasteiger partial charge on any atom is 0.341 e. The van der Waals surface area contributed by atoms with E-state index in [2.05, 4.69) is 93.1 Å². The van der Waals surface area contributed by atoms with Crippen molar-refractivity contribution in [1.82, 2.24) is 0 Å². The standard InChI is InChI=1S/C23H18BrIO3S/c24-21-14-19(9-10-22(21)28-15-23(26)27)29-12-11-20(16-5-2-1-3-6-16)17-7-4-8-18(25)13-17/h1-11,13-14H,12,15H2,(H,26,27). The maximum atomic E-state index is 10.7. The Hall–Kier alpha value is -1.77. The van der Waals surface area contributed by atoms with Gasteiger partial charge in [-0.2, -0.15) is 0 Å². The fourth-order valence-electron chi connectivity index (χ4n) is 2.73. The van der Waals surface area contributed by atoms with Crippen LogP contribution in [0.4, 0.5) is 0 Å². The van der Waals surface area contributed by atoms with E-state index < -0.39 is 5.97 Å². The highest BCUT2D eigenvalue weighted by Crippen LogP contribution is 2.32. The van der Waals surface area contributed by atoms with Gasteiger partial charge in [0.05, 0.1) is 4.47 Å². The molecule has 0 atom stereocenters. The van der Waals surface area contributed by atoms with Gasteiger partial charge in [-0.15, -0.1) is 11.8 Å². The van der Waals surface area contributed by atoms with Crippen LogP contribution in [0, 0.1) is 3.57 Å². The van der Waals surface area contributed by atoms with Gasteiger partial charge >= 0.3 is 5.97 Å². The Bertz CT molecular complexity index is 1020. The molecule has 3 aromatic rings. The van der Waals surface area contributed by atoms with Gasteiger partial charge in [0, 0.05) is 14.2 Å². The molecule has 0 saturated carbocycles. The van der Waals surface area contributed by atoms with Crippen LogP contribution >= 0.6 is 50.3 Å². The van der Waals surface area contributed by atoms with E-state index in [1.54, 1.807) is 17.8 Å². The van der Waals surface area contributed by atoms with Gasteiger partial charge in [0.1, 0.15) is 5.75 Å². The number of halogens is 2. The Kier molecular flexibility index (Phi) is 8.20. The topological polar surface area (TPSA) is 46.5 Å². The van der Waals surface area contributed by atoms with E-state index in [4.69, 9.17) is 9.84 Å². The molecule has 0 spiro atoms. The van der Waals surface area contributed by atoms with Crippen molar-refractivity contribution in [2.75, 3.05) is 12.4 Å². The van der Waals surface area contributed by atoms with Crippen LogP contribution in [-0.4, -0.2) is 23.4 Å². The molecule has 0 heterocycles. The number of ether oxygens (including phenoxy) is 1. The highest BCUT2D eigenvalue weighted by molar-refractivity contribution is 14.1. The minimum Gasteiger partial charge on any atom is -0.481 e. The van der Waals surface area contributed by atoms with Crippen LogP contribution in [0.25, 0.3) is 5.57 Å². The summed E-state index contributed by atoms with van der Waals surface area (Å²) >= 11 is 7.50.